The van der Waals surface area contributed by atoms with Crippen LogP contribution in [0.2, 0.25) is 0 Å². The van der Waals surface area contributed by atoms with Gasteiger partial charge in [0.15, 0.2) is 0 Å². The van der Waals surface area contributed by atoms with Crippen LogP contribution >= 0.6 is 0 Å². The molecule has 0 radical (unpaired) electrons. The minimum Gasteiger partial charge on any atom is -0.389 e. The van der Waals surface area contributed by atoms with Gasteiger partial charge < -0.3 is 16.2 Å². The van der Waals surface area contributed by atoms with Gasteiger partial charge in [-0.05, 0) is 43.4 Å². The first-order valence-corrected chi connectivity index (χ1v) is 6.32. The second kappa shape index (κ2) is 3.96. The zero-order valence-corrected chi connectivity index (χ0v) is 9.89. The van der Waals surface area contributed by atoms with Crippen molar-refractivity contribution >= 4 is 5.82 Å². The Morgan fingerprint density at radius 1 is 1.41 bits per heavy atom. The summed E-state index contributed by atoms with van der Waals surface area (Å²) in [7, 11) is 0. The van der Waals surface area contributed by atoms with Crippen LogP contribution < -0.4 is 11.1 Å². The van der Waals surface area contributed by atoms with Crippen LogP contribution in [-0.4, -0.2) is 27.8 Å². The summed E-state index contributed by atoms with van der Waals surface area (Å²) in [4.78, 5) is 3.98. The Hall–Kier alpha value is -1.13. The number of hydrogen-bond donors (Lipinski definition) is 3. The fourth-order valence-electron chi connectivity index (χ4n) is 3.35. The van der Waals surface area contributed by atoms with Gasteiger partial charge in [0.2, 0.25) is 0 Å². The van der Waals surface area contributed by atoms with Gasteiger partial charge in [-0.2, -0.15) is 0 Å². The van der Waals surface area contributed by atoms with Gasteiger partial charge in [-0.25, -0.2) is 4.98 Å². The molecule has 1 aromatic heterocycles. The van der Waals surface area contributed by atoms with Gasteiger partial charge in [-0.1, -0.05) is 0 Å². The highest BCUT2D eigenvalue weighted by molar-refractivity contribution is 5.32. The van der Waals surface area contributed by atoms with E-state index in [0.29, 0.717) is 24.3 Å². The molecule has 2 aliphatic rings. The first-order valence-electron chi connectivity index (χ1n) is 6.32. The quantitative estimate of drug-likeness (QED) is 0.708. The number of anilines is 1. The molecule has 2 atom stereocenters. The molecule has 0 saturated carbocycles. The average molecular weight is 233 g/mol. The van der Waals surface area contributed by atoms with Crippen LogP contribution in [0, 0.1) is 0 Å². The molecule has 92 valence electrons. The van der Waals surface area contributed by atoms with Crippen molar-refractivity contribution in [2.45, 2.75) is 49.8 Å². The molecule has 4 nitrogen and oxygen atoms in total. The molecule has 2 saturated heterocycles. The maximum atomic E-state index is 10.7. The second-order valence-electron chi connectivity index (χ2n) is 5.54. The maximum absolute atomic E-state index is 10.7. The second-order valence-corrected chi connectivity index (χ2v) is 5.54. The highest BCUT2D eigenvalue weighted by Gasteiger charge is 2.42. The number of fused-ring (bicyclic) bond motifs is 2. The normalized spacial score (nSPS) is 36.1. The largest absolute Gasteiger partial charge is 0.389 e. The molecule has 4 heteroatoms. The first kappa shape index (κ1) is 11.0. The third kappa shape index (κ3) is 2.28. The van der Waals surface area contributed by atoms with Crippen LogP contribution in [-0.2, 0) is 6.42 Å². The number of aromatic nitrogens is 1. The Bertz CT molecular complexity index is 409. The van der Waals surface area contributed by atoms with Crippen LogP contribution in [0.25, 0.3) is 0 Å². The zero-order chi connectivity index (χ0) is 11.9. The van der Waals surface area contributed by atoms with Gasteiger partial charge in [-0.3, -0.25) is 0 Å². The van der Waals surface area contributed by atoms with E-state index in [1.807, 2.05) is 12.1 Å². The number of rotatable bonds is 2. The van der Waals surface area contributed by atoms with Crippen LogP contribution in [0.4, 0.5) is 5.82 Å². The predicted octanol–water partition coefficient (Wildman–Crippen LogP) is 0.852. The van der Waals surface area contributed by atoms with Crippen molar-refractivity contribution in [1.29, 1.82) is 0 Å². The lowest BCUT2D eigenvalue weighted by Gasteiger charge is -2.37. The third-order valence-electron chi connectivity index (χ3n) is 3.97. The monoisotopic (exact) mass is 233 g/mol. The van der Waals surface area contributed by atoms with Gasteiger partial charge in [0.05, 0.1) is 5.60 Å². The van der Waals surface area contributed by atoms with Crippen LogP contribution in [0.5, 0.6) is 0 Å². The van der Waals surface area contributed by atoms with Crippen molar-refractivity contribution < 1.29 is 5.11 Å². The summed E-state index contributed by atoms with van der Waals surface area (Å²) in [6.07, 6.45) is 6.51. The first-order chi connectivity index (χ1) is 8.13. The summed E-state index contributed by atoms with van der Waals surface area (Å²) in [5.74, 6) is 0.531. The van der Waals surface area contributed by atoms with E-state index in [-0.39, 0.29) is 0 Å². The Morgan fingerprint density at radius 3 is 2.76 bits per heavy atom. The van der Waals surface area contributed by atoms with Crippen molar-refractivity contribution in [3.05, 3.63) is 23.9 Å². The summed E-state index contributed by atoms with van der Waals surface area (Å²) < 4.78 is 0. The fraction of sp³-hybridized carbons (Fsp3) is 0.615. The van der Waals surface area contributed by atoms with Gasteiger partial charge >= 0.3 is 0 Å². The van der Waals surface area contributed by atoms with Crippen molar-refractivity contribution in [3.8, 4) is 0 Å². The van der Waals surface area contributed by atoms with E-state index in [1.165, 1.54) is 12.8 Å². The molecule has 2 bridgehead atoms. The van der Waals surface area contributed by atoms with Gasteiger partial charge in [-0.15, -0.1) is 0 Å². The maximum Gasteiger partial charge on any atom is 0.123 e. The number of hydrogen-bond acceptors (Lipinski definition) is 4. The van der Waals surface area contributed by atoms with E-state index in [2.05, 4.69) is 10.3 Å². The lowest BCUT2D eigenvalue weighted by atomic mass is 9.82. The van der Waals surface area contributed by atoms with E-state index in [1.54, 1.807) is 6.20 Å². The van der Waals surface area contributed by atoms with E-state index in [4.69, 9.17) is 5.73 Å². The van der Waals surface area contributed by atoms with E-state index >= 15 is 0 Å². The Kier molecular flexibility index (Phi) is 2.56. The Morgan fingerprint density at radius 2 is 2.12 bits per heavy atom. The molecule has 2 fully saturated rings. The summed E-state index contributed by atoms with van der Waals surface area (Å²) in [6, 6.07) is 4.80. The Labute approximate surface area is 101 Å². The number of pyridine rings is 1. The lowest BCUT2D eigenvalue weighted by Crippen LogP contribution is -2.49. The molecule has 2 aliphatic heterocycles. The summed E-state index contributed by atoms with van der Waals surface area (Å²) >= 11 is 0. The molecule has 3 rings (SSSR count). The minimum atomic E-state index is -0.565. The lowest BCUT2D eigenvalue weighted by molar-refractivity contribution is -0.00608. The molecule has 4 N–H and O–H groups in total. The summed E-state index contributed by atoms with van der Waals surface area (Å²) in [5, 5.41) is 14.2. The number of nitrogen functional groups attached to an aromatic ring is 1. The molecule has 0 amide bonds. The predicted molar refractivity (Wildman–Crippen MR) is 66.5 cm³/mol. The van der Waals surface area contributed by atoms with Crippen molar-refractivity contribution in [1.82, 2.24) is 10.3 Å². The summed E-state index contributed by atoms with van der Waals surface area (Å²) in [5.41, 5.74) is 6.19. The number of nitrogens with zero attached hydrogens (tertiary/aromatic N) is 1. The molecular weight excluding hydrogens is 214 g/mol. The SMILES string of the molecule is Nc1cc(CC2(O)CC3CCC(C2)N3)ccn1. The number of aliphatic hydroxyl groups is 1. The molecule has 3 heterocycles. The van der Waals surface area contributed by atoms with Crippen LogP contribution in [0.15, 0.2) is 18.3 Å². The molecule has 17 heavy (non-hydrogen) atoms. The highest BCUT2D eigenvalue weighted by atomic mass is 16.3. The highest BCUT2D eigenvalue weighted by Crippen LogP contribution is 2.36. The van der Waals surface area contributed by atoms with E-state index in [9.17, 15) is 5.11 Å². The molecule has 0 aliphatic carbocycles. The molecule has 2 unspecified atom stereocenters. The molecule has 0 aromatic carbocycles. The number of nitrogens with one attached hydrogen (secondary N) is 1. The summed E-state index contributed by atoms with van der Waals surface area (Å²) in [6.45, 7) is 0. The van der Waals surface area contributed by atoms with E-state index in [0.717, 1.165) is 18.4 Å². The van der Waals surface area contributed by atoms with Crippen molar-refractivity contribution in [2.75, 3.05) is 5.73 Å². The molecular formula is C13H19N3O. The molecule has 1 aromatic rings. The third-order valence-corrected chi connectivity index (χ3v) is 3.97. The standard InChI is InChI=1S/C13H19N3O/c14-12-5-9(3-4-15-12)6-13(17)7-10-1-2-11(8-13)16-10/h3-5,10-11,16-17H,1-2,6-8H2,(H2,14,15). The zero-order valence-electron chi connectivity index (χ0n) is 9.89. The minimum absolute atomic E-state index is 0.498. The van der Waals surface area contributed by atoms with Gasteiger partial charge in [0.1, 0.15) is 5.82 Å². The molecule has 0 spiro atoms. The number of piperidine rings is 1. The van der Waals surface area contributed by atoms with Gasteiger partial charge in [0.25, 0.3) is 0 Å². The topological polar surface area (TPSA) is 71.2 Å². The smallest absolute Gasteiger partial charge is 0.123 e. The average Bonchev–Trinajstić information content (AvgIpc) is 2.58. The van der Waals surface area contributed by atoms with Crippen molar-refractivity contribution in [3.63, 3.8) is 0 Å². The number of nitrogens with two attached hydrogens (primary N) is 1. The van der Waals surface area contributed by atoms with Crippen molar-refractivity contribution in [2.24, 2.45) is 0 Å². The van der Waals surface area contributed by atoms with E-state index < -0.39 is 5.60 Å². The van der Waals surface area contributed by atoms with Crippen LogP contribution in [0.3, 0.4) is 0 Å². The Balaban J connectivity index is 1.76. The van der Waals surface area contributed by atoms with Gasteiger partial charge in [0, 0.05) is 24.7 Å². The van der Waals surface area contributed by atoms with Crippen LogP contribution in [0.1, 0.15) is 31.2 Å². The fourth-order valence-corrected chi connectivity index (χ4v) is 3.35.